The molecule has 1 aliphatic rings. The summed E-state index contributed by atoms with van der Waals surface area (Å²) in [6, 6.07) is 5.50. The Morgan fingerprint density at radius 3 is 2.70 bits per heavy atom. The van der Waals surface area contributed by atoms with Gasteiger partial charge in [0, 0.05) is 11.3 Å². The highest BCUT2D eigenvalue weighted by molar-refractivity contribution is 5.73. The van der Waals surface area contributed by atoms with Crippen LogP contribution in [0.4, 0.5) is 0 Å². The molecule has 2 rings (SSSR count). The van der Waals surface area contributed by atoms with Crippen LogP contribution in [0.1, 0.15) is 24.0 Å². The van der Waals surface area contributed by atoms with Crippen molar-refractivity contribution >= 4 is 12.1 Å². The van der Waals surface area contributed by atoms with E-state index in [0.29, 0.717) is 6.61 Å². The van der Waals surface area contributed by atoms with Crippen molar-refractivity contribution in [1.82, 2.24) is 0 Å². The molecule has 0 N–H and O–H groups in total. The van der Waals surface area contributed by atoms with E-state index in [2.05, 4.69) is 0 Å². The quantitative estimate of drug-likeness (QED) is 0.454. The van der Waals surface area contributed by atoms with Crippen LogP contribution >= 0.6 is 0 Å². The zero-order valence-corrected chi connectivity index (χ0v) is 12.8. The van der Waals surface area contributed by atoms with Gasteiger partial charge >= 0.3 is 12.1 Å². The van der Waals surface area contributed by atoms with Gasteiger partial charge in [-0.25, -0.2) is 0 Å². The highest BCUT2D eigenvalue weighted by Gasteiger charge is 2.31. The fourth-order valence-corrected chi connectivity index (χ4v) is 2.50. The largest absolute Gasteiger partial charge is 0.493 e. The van der Waals surface area contributed by atoms with Crippen LogP contribution in [0.2, 0.25) is 0 Å². The topological polar surface area (TPSA) is 113 Å². The van der Waals surface area contributed by atoms with Gasteiger partial charge in [-0.2, -0.15) is 9.59 Å². The van der Waals surface area contributed by atoms with E-state index in [1.54, 1.807) is 13.0 Å². The van der Waals surface area contributed by atoms with Gasteiger partial charge in [-0.3, -0.25) is 14.9 Å². The minimum absolute atomic E-state index is 0.250. The predicted molar refractivity (Wildman–Crippen MR) is 76.4 cm³/mol. The molecule has 1 aromatic carbocycles. The molecule has 0 fully saturated rings. The maximum Gasteiger partial charge on any atom is 0.373 e. The lowest BCUT2D eigenvalue weighted by molar-refractivity contribution is -0.484. The van der Waals surface area contributed by atoms with E-state index in [-0.39, 0.29) is 12.7 Å². The van der Waals surface area contributed by atoms with Crippen LogP contribution in [-0.4, -0.2) is 37.3 Å². The summed E-state index contributed by atoms with van der Waals surface area (Å²) in [6.07, 6.45) is 1.04. The van der Waals surface area contributed by atoms with Gasteiger partial charge in [0.2, 0.25) is 6.54 Å². The van der Waals surface area contributed by atoms with Crippen molar-refractivity contribution in [1.29, 1.82) is 0 Å². The van der Waals surface area contributed by atoms with Crippen LogP contribution in [0, 0.1) is 16.0 Å². The van der Waals surface area contributed by atoms with E-state index >= 15 is 0 Å². The highest BCUT2D eigenvalue weighted by Crippen LogP contribution is 2.32. The van der Waals surface area contributed by atoms with Crippen LogP contribution in [0.15, 0.2) is 18.2 Å². The smallest absolute Gasteiger partial charge is 0.373 e. The average molecular weight is 323 g/mol. The number of carbonyl (C=O) groups excluding carboxylic acids is 3. The molecule has 0 saturated heterocycles. The summed E-state index contributed by atoms with van der Waals surface area (Å²) in [6.45, 7) is 1.99. The summed E-state index contributed by atoms with van der Waals surface area (Å²) >= 11 is 0. The standard InChI is InChI=1S/C14H17NO5.CO2/c1-9(14(16)19-2)12(8-15(17)18)10-3-4-13-11(7-10)5-6-20-13;2-1-3/h3-4,7,9,12H,5-6,8H2,1-2H3;/t9?,12-;/m1./s1. The molecule has 1 aliphatic heterocycles. The number of esters is 1. The van der Waals surface area contributed by atoms with Crippen LogP contribution in [0.3, 0.4) is 0 Å². The van der Waals surface area contributed by atoms with Crippen LogP contribution < -0.4 is 4.74 Å². The summed E-state index contributed by atoms with van der Waals surface area (Å²) in [5, 5.41) is 10.9. The number of rotatable bonds is 5. The molecule has 0 bridgehead atoms. The Kier molecular flexibility index (Phi) is 6.89. The lowest BCUT2D eigenvalue weighted by Crippen LogP contribution is -2.26. The van der Waals surface area contributed by atoms with Crippen molar-refractivity contribution in [3.8, 4) is 5.75 Å². The molecule has 1 aromatic rings. The molecule has 1 heterocycles. The first-order chi connectivity index (χ1) is 10.9. The highest BCUT2D eigenvalue weighted by atomic mass is 16.6. The Hall–Kier alpha value is -2.73. The average Bonchev–Trinajstić information content (AvgIpc) is 2.99. The van der Waals surface area contributed by atoms with E-state index in [9.17, 15) is 14.9 Å². The summed E-state index contributed by atoms with van der Waals surface area (Å²) in [5.41, 5.74) is 1.82. The fraction of sp³-hybridized carbons (Fsp3) is 0.467. The monoisotopic (exact) mass is 323 g/mol. The Balaban J connectivity index is 0.000000816. The van der Waals surface area contributed by atoms with Crippen molar-refractivity contribution in [3.05, 3.63) is 39.4 Å². The van der Waals surface area contributed by atoms with Crippen LogP contribution in [0.25, 0.3) is 0 Å². The maximum absolute atomic E-state index is 11.7. The van der Waals surface area contributed by atoms with Crippen molar-refractivity contribution in [2.75, 3.05) is 20.3 Å². The third kappa shape index (κ3) is 4.89. The number of methoxy groups -OCH3 is 1. The van der Waals surface area contributed by atoms with Gasteiger partial charge in [-0.1, -0.05) is 19.1 Å². The summed E-state index contributed by atoms with van der Waals surface area (Å²) < 4.78 is 10.1. The van der Waals surface area contributed by atoms with E-state index in [4.69, 9.17) is 19.1 Å². The summed E-state index contributed by atoms with van der Waals surface area (Å²) in [7, 11) is 1.29. The third-order valence-corrected chi connectivity index (χ3v) is 3.66. The van der Waals surface area contributed by atoms with Gasteiger partial charge in [-0.15, -0.1) is 0 Å². The van der Waals surface area contributed by atoms with Crippen LogP contribution in [0.5, 0.6) is 5.75 Å². The zero-order chi connectivity index (χ0) is 17.4. The molecule has 8 heteroatoms. The van der Waals surface area contributed by atoms with E-state index < -0.39 is 22.7 Å². The molecule has 1 unspecified atom stereocenters. The van der Waals surface area contributed by atoms with Gasteiger partial charge in [0.05, 0.1) is 25.6 Å². The number of hydrogen-bond acceptors (Lipinski definition) is 7. The SMILES string of the molecule is COC(=O)C(C)[C@@H](C[N+](=O)[O-])c1ccc2c(c1)CCO2.O=C=O. The van der Waals surface area contributed by atoms with Gasteiger partial charge in [0.25, 0.3) is 0 Å². The predicted octanol–water partition coefficient (Wildman–Crippen LogP) is 1.21. The van der Waals surface area contributed by atoms with Crippen molar-refractivity contribution < 1.29 is 28.8 Å². The molecule has 0 aliphatic carbocycles. The molecule has 8 nitrogen and oxygen atoms in total. The van der Waals surface area contributed by atoms with Gasteiger partial charge in [0.15, 0.2) is 0 Å². The molecular weight excluding hydrogens is 306 g/mol. The number of fused-ring (bicyclic) bond motifs is 1. The first-order valence-corrected chi connectivity index (χ1v) is 6.89. The molecular formula is C15H17NO7. The van der Waals surface area contributed by atoms with E-state index in [1.165, 1.54) is 7.11 Å². The number of nitrogens with zero attached hydrogens (tertiary/aromatic N) is 1. The Labute approximate surface area is 132 Å². The Morgan fingerprint density at radius 1 is 1.48 bits per heavy atom. The molecule has 2 atom stereocenters. The van der Waals surface area contributed by atoms with Crippen molar-refractivity contribution in [2.24, 2.45) is 5.92 Å². The molecule has 0 saturated carbocycles. The normalized spacial score (nSPS) is 14.2. The van der Waals surface area contributed by atoms with E-state index in [1.807, 2.05) is 12.1 Å². The van der Waals surface area contributed by atoms with Crippen molar-refractivity contribution in [3.63, 3.8) is 0 Å². The fourth-order valence-electron chi connectivity index (χ4n) is 2.50. The second-order valence-corrected chi connectivity index (χ2v) is 4.98. The maximum atomic E-state index is 11.7. The summed E-state index contributed by atoms with van der Waals surface area (Å²) in [5.74, 6) is -0.679. The molecule has 124 valence electrons. The second-order valence-electron chi connectivity index (χ2n) is 4.98. The minimum Gasteiger partial charge on any atom is -0.493 e. The molecule has 0 radical (unpaired) electrons. The van der Waals surface area contributed by atoms with Gasteiger partial charge < -0.3 is 9.47 Å². The first kappa shape index (κ1) is 18.3. The number of nitro groups is 1. The number of ether oxygens (including phenoxy) is 2. The number of carbonyl (C=O) groups is 1. The molecule has 23 heavy (non-hydrogen) atoms. The van der Waals surface area contributed by atoms with E-state index in [0.717, 1.165) is 23.3 Å². The minimum atomic E-state index is -0.564. The molecule has 0 aromatic heterocycles. The first-order valence-electron chi connectivity index (χ1n) is 6.89. The van der Waals surface area contributed by atoms with Gasteiger partial charge in [-0.05, 0) is 17.2 Å². The zero-order valence-electron chi connectivity index (χ0n) is 12.8. The summed E-state index contributed by atoms with van der Waals surface area (Å²) in [4.78, 5) is 38.4. The number of hydrogen-bond donors (Lipinski definition) is 0. The Bertz CT molecular complexity index is 608. The third-order valence-electron chi connectivity index (χ3n) is 3.66. The lowest BCUT2D eigenvalue weighted by Gasteiger charge is -2.19. The lowest BCUT2D eigenvalue weighted by atomic mass is 9.86. The van der Waals surface area contributed by atoms with Gasteiger partial charge in [0.1, 0.15) is 5.75 Å². The van der Waals surface area contributed by atoms with Crippen LogP contribution in [-0.2, 0) is 25.5 Å². The second kappa shape index (κ2) is 8.65. The molecule has 0 spiro atoms. The molecule has 0 amide bonds. The number of benzene rings is 1. The van der Waals surface area contributed by atoms with Crippen molar-refractivity contribution in [2.45, 2.75) is 19.3 Å². The Morgan fingerprint density at radius 2 is 2.13 bits per heavy atom.